The first-order valence-electron chi connectivity index (χ1n) is 4.94. The Bertz CT molecular complexity index is 563. The van der Waals surface area contributed by atoms with Gasteiger partial charge in [0.15, 0.2) is 5.82 Å². The molecule has 0 bridgehead atoms. The van der Waals surface area contributed by atoms with Crippen molar-refractivity contribution in [3.8, 4) is 0 Å². The van der Waals surface area contributed by atoms with E-state index >= 15 is 0 Å². The Morgan fingerprint density at radius 2 is 2.00 bits per heavy atom. The van der Waals surface area contributed by atoms with Crippen molar-refractivity contribution in [2.45, 2.75) is 6.42 Å². The number of benzene rings is 1. The average molecular weight is 254 g/mol. The van der Waals surface area contributed by atoms with Gasteiger partial charge in [0.25, 0.3) is 0 Å². The Kier molecular flexibility index (Phi) is 3.31. The SMILES string of the molecule is COC(=O)c1nc(Cc2cc(F)cc(F)c2)no1. The topological polar surface area (TPSA) is 65.2 Å². The van der Waals surface area contributed by atoms with E-state index in [1.807, 2.05) is 0 Å². The molecule has 0 atom stereocenters. The quantitative estimate of drug-likeness (QED) is 0.780. The first kappa shape index (κ1) is 12.2. The average Bonchev–Trinajstić information content (AvgIpc) is 2.75. The molecule has 5 nitrogen and oxygen atoms in total. The van der Waals surface area contributed by atoms with Gasteiger partial charge in [0.1, 0.15) is 11.6 Å². The van der Waals surface area contributed by atoms with Gasteiger partial charge < -0.3 is 9.26 Å². The van der Waals surface area contributed by atoms with Gasteiger partial charge in [0, 0.05) is 12.5 Å². The Labute approximate surface area is 100 Å². The molecule has 2 aromatic rings. The number of ether oxygens (including phenoxy) is 1. The first-order valence-corrected chi connectivity index (χ1v) is 4.94. The minimum absolute atomic E-state index is 0.0508. The Morgan fingerprint density at radius 1 is 1.33 bits per heavy atom. The standard InChI is InChI=1S/C11H8F2N2O3/c1-17-11(16)10-14-9(15-18-10)4-6-2-7(12)5-8(13)3-6/h2-3,5H,4H2,1H3. The minimum atomic E-state index is -0.765. The van der Waals surface area contributed by atoms with E-state index in [9.17, 15) is 13.6 Å². The molecule has 94 valence electrons. The predicted molar refractivity (Wildman–Crippen MR) is 54.8 cm³/mol. The van der Waals surface area contributed by atoms with E-state index in [1.165, 1.54) is 7.11 Å². The maximum atomic E-state index is 12.9. The van der Waals surface area contributed by atoms with Crippen molar-refractivity contribution in [2.24, 2.45) is 0 Å². The number of hydrogen-bond donors (Lipinski definition) is 0. The number of halogens is 2. The van der Waals surface area contributed by atoms with Gasteiger partial charge in [0.2, 0.25) is 0 Å². The van der Waals surface area contributed by atoms with Gasteiger partial charge in [-0.2, -0.15) is 4.98 Å². The molecule has 1 heterocycles. The molecular formula is C11H8F2N2O3. The molecule has 1 aromatic heterocycles. The van der Waals surface area contributed by atoms with Gasteiger partial charge in [0.05, 0.1) is 7.11 Å². The molecule has 18 heavy (non-hydrogen) atoms. The van der Waals surface area contributed by atoms with Gasteiger partial charge in [-0.3, -0.25) is 0 Å². The van der Waals surface area contributed by atoms with E-state index < -0.39 is 17.6 Å². The maximum absolute atomic E-state index is 12.9. The third-order valence-corrected chi connectivity index (χ3v) is 2.11. The van der Waals surface area contributed by atoms with Crippen LogP contribution in [0, 0.1) is 11.6 Å². The summed E-state index contributed by atoms with van der Waals surface area (Å²) >= 11 is 0. The van der Waals surface area contributed by atoms with E-state index in [-0.39, 0.29) is 18.1 Å². The summed E-state index contributed by atoms with van der Waals surface area (Å²) in [6.45, 7) is 0. The van der Waals surface area contributed by atoms with Crippen LogP contribution in [0.15, 0.2) is 22.7 Å². The molecule has 1 aromatic carbocycles. The van der Waals surface area contributed by atoms with Crippen LogP contribution in [0.2, 0.25) is 0 Å². The van der Waals surface area contributed by atoms with Crippen molar-refractivity contribution in [2.75, 3.05) is 7.11 Å². The summed E-state index contributed by atoms with van der Waals surface area (Å²) in [6.07, 6.45) is 0.0508. The lowest BCUT2D eigenvalue weighted by Crippen LogP contribution is -2.01. The number of esters is 1. The number of hydrogen-bond acceptors (Lipinski definition) is 5. The van der Waals surface area contributed by atoms with Crippen LogP contribution in [0.4, 0.5) is 8.78 Å². The van der Waals surface area contributed by atoms with E-state index in [0.717, 1.165) is 18.2 Å². The van der Waals surface area contributed by atoms with Crippen molar-refractivity contribution in [3.63, 3.8) is 0 Å². The lowest BCUT2D eigenvalue weighted by molar-refractivity contribution is 0.0545. The lowest BCUT2D eigenvalue weighted by atomic mass is 10.1. The molecule has 0 spiro atoms. The molecule has 0 aliphatic heterocycles. The highest BCUT2D eigenvalue weighted by molar-refractivity contribution is 5.83. The van der Waals surface area contributed by atoms with E-state index in [0.29, 0.717) is 5.56 Å². The van der Waals surface area contributed by atoms with Crippen LogP contribution in [0.1, 0.15) is 22.1 Å². The molecular weight excluding hydrogens is 246 g/mol. The summed E-state index contributed by atoms with van der Waals surface area (Å²) in [5, 5.41) is 3.51. The number of rotatable bonds is 3. The Balaban J connectivity index is 2.18. The number of methoxy groups -OCH3 is 1. The van der Waals surface area contributed by atoms with Gasteiger partial charge in [-0.1, -0.05) is 5.16 Å². The fourth-order valence-corrected chi connectivity index (χ4v) is 1.39. The monoisotopic (exact) mass is 254 g/mol. The summed E-state index contributed by atoms with van der Waals surface area (Å²) in [5.41, 5.74) is 0.338. The van der Waals surface area contributed by atoms with Crippen molar-refractivity contribution in [1.82, 2.24) is 10.1 Å². The van der Waals surface area contributed by atoms with Crippen LogP contribution in [0.5, 0.6) is 0 Å². The molecule has 0 fully saturated rings. The molecule has 0 aliphatic rings. The van der Waals surface area contributed by atoms with Gasteiger partial charge >= 0.3 is 11.9 Å². The molecule has 0 amide bonds. The third-order valence-electron chi connectivity index (χ3n) is 2.11. The zero-order chi connectivity index (χ0) is 13.1. The largest absolute Gasteiger partial charge is 0.462 e. The van der Waals surface area contributed by atoms with Gasteiger partial charge in [-0.15, -0.1) is 0 Å². The molecule has 0 radical (unpaired) electrons. The number of nitrogens with zero attached hydrogens (tertiary/aromatic N) is 2. The minimum Gasteiger partial charge on any atom is -0.462 e. The van der Waals surface area contributed by atoms with Gasteiger partial charge in [-0.05, 0) is 17.7 Å². The third kappa shape index (κ3) is 2.68. The zero-order valence-electron chi connectivity index (χ0n) is 9.31. The van der Waals surface area contributed by atoms with E-state index in [2.05, 4.69) is 19.4 Å². The van der Waals surface area contributed by atoms with Gasteiger partial charge in [-0.25, -0.2) is 13.6 Å². The zero-order valence-corrected chi connectivity index (χ0v) is 9.31. The van der Waals surface area contributed by atoms with Crippen LogP contribution >= 0.6 is 0 Å². The highest BCUT2D eigenvalue weighted by Crippen LogP contribution is 2.11. The fourth-order valence-electron chi connectivity index (χ4n) is 1.39. The smallest absolute Gasteiger partial charge is 0.397 e. The molecule has 0 saturated carbocycles. The molecule has 0 saturated heterocycles. The van der Waals surface area contributed by atoms with E-state index in [4.69, 9.17) is 0 Å². The molecule has 0 unspecified atom stereocenters. The van der Waals surface area contributed by atoms with Crippen LogP contribution in [0.25, 0.3) is 0 Å². The second-order valence-electron chi connectivity index (χ2n) is 3.46. The lowest BCUT2D eigenvalue weighted by Gasteiger charge is -1.97. The Morgan fingerprint density at radius 3 is 2.61 bits per heavy atom. The second kappa shape index (κ2) is 4.91. The van der Waals surface area contributed by atoms with Crippen LogP contribution in [-0.2, 0) is 11.2 Å². The highest BCUT2D eigenvalue weighted by Gasteiger charge is 2.15. The molecule has 0 aliphatic carbocycles. The van der Waals surface area contributed by atoms with Crippen molar-refractivity contribution >= 4 is 5.97 Å². The summed E-state index contributed by atoms with van der Waals surface area (Å²) < 4.78 is 34.9. The molecule has 0 N–H and O–H groups in total. The normalized spacial score (nSPS) is 10.4. The van der Waals surface area contributed by atoms with Crippen LogP contribution in [0.3, 0.4) is 0 Å². The molecule has 7 heteroatoms. The first-order chi connectivity index (χ1) is 8.58. The number of aromatic nitrogens is 2. The summed E-state index contributed by atoms with van der Waals surface area (Å²) in [4.78, 5) is 14.8. The summed E-state index contributed by atoms with van der Waals surface area (Å²) in [6, 6.07) is 3.06. The second-order valence-corrected chi connectivity index (χ2v) is 3.46. The van der Waals surface area contributed by atoms with Crippen molar-refractivity contribution in [1.29, 1.82) is 0 Å². The van der Waals surface area contributed by atoms with Crippen LogP contribution < -0.4 is 0 Å². The van der Waals surface area contributed by atoms with Crippen molar-refractivity contribution in [3.05, 3.63) is 47.1 Å². The highest BCUT2D eigenvalue weighted by atomic mass is 19.1. The Hall–Kier alpha value is -2.31. The van der Waals surface area contributed by atoms with Crippen LogP contribution in [-0.4, -0.2) is 23.2 Å². The number of carbonyl (C=O) groups is 1. The predicted octanol–water partition coefficient (Wildman–Crippen LogP) is 1.73. The van der Waals surface area contributed by atoms with E-state index in [1.54, 1.807) is 0 Å². The summed E-state index contributed by atoms with van der Waals surface area (Å²) in [7, 11) is 1.17. The molecule has 2 rings (SSSR count). The van der Waals surface area contributed by atoms with Crippen molar-refractivity contribution < 1.29 is 22.8 Å². The maximum Gasteiger partial charge on any atom is 0.397 e. The fraction of sp³-hybridized carbons (Fsp3) is 0.182. The number of carbonyl (C=O) groups excluding carboxylic acids is 1. The summed E-state index contributed by atoms with van der Waals surface area (Å²) in [5.74, 6) is -2.31.